The van der Waals surface area contributed by atoms with E-state index in [1.807, 2.05) is 23.1 Å². The lowest BCUT2D eigenvalue weighted by atomic mass is 10.3. The highest BCUT2D eigenvalue weighted by Gasteiger charge is 2.23. The molecule has 1 fully saturated rings. The number of hydrogen-bond donors (Lipinski definition) is 1. The third-order valence-electron chi connectivity index (χ3n) is 4.15. The summed E-state index contributed by atoms with van der Waals surface area (Å²) >= 11 is 3.08. The van der Waals surface area contributed by atoms with Crippen molar-refractivity contribution < 1.29 is 22.7 Å². The van der Waals surface area contributed by atoms with E-state index in [1.54, 1.807) is 18.4 Å². The van der Waals surface area contributed by atoms with Crippen LogP contribution in [0.1, 0.15) is 0 Å². The number of nitrogens with one attached hydrogen (secondary N) is 1. The molecule has 1 aromatic heterocycles. The molecule has 1 amide bonds. The van der Waals surface area contributed by atoms with Gasteiger partial charge in [0.15, 0.2) is 14.2 Å². The molecule has 28 heavy (non-hydrogen) atoms. The predicted octanol–water partition coefficient (Wildman–Crippen LogP) is 1.68. The quantitative estimate of drug-likeness (QED) is 0.354. The second-order valence-electron chi connectivity index (χ2n) is 6.30. The monoisotopic (exact) mass is 445 g/mol. The van der Waals surface area contributed by atoms with E-state index in [4.69, 9.17) is 9.47 Å². The zero-order chi connectivity index (χ0) is 20.0. The Hall–Kier alpha value is -1.24. The minimum atomic E-state index is -2.94. The van der Waals surface area contributed by atoms with Crippen molar-refractivity contribution in [3.05, 3.63) is 18.2 Å². The molecule has 0 saturated carbocycles. The lowest BCUT2D eigenvalue weighted by Gasteiger charge is -2.25. The van der Waals surface area contributed by atoms with Crippen LogP contribution >= 0.6 is 23.1 Å². The Morgan fingerprint density at radius 3 is 2.86 bits per heavy atom. The van der Waals surface area contributed by atoms with Crippen LogP contribution in [-0.4, -0.2) is 81.6 Å². The van der Waals surface area contributed by atoms with Crippen LogP contribution in [0.2, 0.25) is 0 Å². The number of carbonyl (C=O) groups is 1. The van der Waals surface area contributed by atoms with Crippen molar-refractivity contribution in [1.82, 2.24) is 9.88 Å². The lowest BCUT2D eigenvalue weighted by Crippen LogP contribution is -2.43. The number of thioether (sulfide) groups is 1. The van der Waals surface area contributed by atoms with Gasteiger partial charge in [-0.05, 0) is 18.2 Å². The van der Waals surface area contributed by atoms with Gasteiger partial charge >= 0.3 is 0 Å². The fraction of sp³-hybridized carbons (Fsp3) is 0.529. The number of thiazole rings is 1. The van der Waals surface area contributed by atoms with Crippen molar-refractivity contribution in [1.29, 1.82) is 0 Å². The first-order chi connectivity index (χ1) is 13.4. The van der Waals surface area contributed by atoms with Gasteiger partial charge in [-0.3, -0.25) is 9.69 Å². The Bertz CT molecular complexity index is 902. The summed E-state index contributed by atoms with van der Waals surface area (Å²) in [6.07, 6.45) is 0. The third kappa shape index (κ3) is 6.39. The van der Waals surface area contributed by atoms with Gasteiger partial charge in [-0.25, -0.2) is 13.4 Å². The Balaban J connectivity index is 1.51. The van der Waals surface area contributed by atoms with E-state index >= 15 is 0 Å². The summed E-state index contributed by atoms with van der Waals surface area (Å²) in [7, 11) is -1.30. The SMILES string of the molecule is COCCOCSc1nc2ccc(NC(=O)CN3CCS(=O)(=O)CC3)cc2s1. The summed E-state index contributed by atoms with van der Waals surface area (Å²) < 4.78 is 35.2. The van der Waals surface area contributed by atoms with Crippen molar-refractivity contribution in [2.75, 3.05) is 62.7 Å². The van der Waals surface area contributed by atoms with Gasteiger partial charge in [0, 0.05) is 25.9 Å². The summed E-state index contributed by atoms with van der Waals surface area (Å²) in [6.45, 7) is 2.10. The molecule has 0 radical (unpaired) electrons. The van der Waals surface area contributed by atoms with Crippen molar-refractivity contribution >= 4 is 54.7 Å². The summed E-state index contributed by atoms with van der Waals surface area (Å²) in [5.74, 6) is 0.591. The first-order valence-corrected chi connectivity index (χ1v) is 12.4. The summed E-state index contributed by atoms with van der Waals surface area (Å²) in [6, 6.07) is 5.61. The Labute approximate surface area is 172 Å². The molecule has 154 valence electrons. The summed E-state index contributed by atoms with van der Waals surface area (Å²) in [5, 5.41) is 2.88. The molecular weight excluding hydrogens is 422 g/mol. The number of nitrogens with zero attached hydrogens (tertiary/aromatic N) is 2. The highest BCUT2D eigenvalue weighted by atomic mass is 32.2. The van der Waals surface area contributed by atoms with Gasteiger partial charge in [-0.15, -0.1) is 11.3 Å². The molecule has 0 unspecified atom stereocenters. The van der Waals surface area contributed by atoms with E-state index in [0.29, 0.717) is 37.9 Å². The van der Waals surface area contributed by atoms with Gasteiger partial charge in [-0.2, -0.15) is 0 Å². The molecule has 0 atom stereocenters. The van der Waals surface area contributed by atoms with Gasteiger partial charge in [-0.1, -0.05) is 11.8 Å². The number of amides is 1. The Morgan fingerprint density at radius 1 is 1.32 bits per heavy atom. The number of sulfone groups is 1. The zero-order valence-electron chi connectivity index (χ0n) is 15.5. The van der Waals surface area contributed by atoms with Crippen LogP contribution in [-0.2, 0) is 24.1 Å². The van der Waals surface area contributed by atoms with Crippen LogP contribution in [0.3, 0.4) is 0 Å². The fourth-order valence-electron chi connectivity index (χ4n) is 2.65. The molecule has 2 aromatic rings. The largest absolute Gasteiger partial charge is 0.382 e. The number of aromatic nitrogens is 1. The Morgan fingerprint density at radius 2 is 2.11 bits per heavy atom. The number of rotatable bonds is 9. The second-order valence-corrected chi connectivity index (χ2v) is 10.8. The lowest BCUT2D eigenvalue weighted by molar-refractivity contribution is -0.117. The van der Waals surface area contributed by atoms with Gasteiger partial charge in [0.1, 0.15) is 0 Å². The molecule has 11 heteroatoms. The molecule has 2 heterocycles. The van der Waals surface area contributed by atoms with Crippen LogP contribution in [0.5, 0.6) is 0 Å². The standard InChI is InChI=1S/C17H23N3O5S3/c1-24-6-7-25-12-26-17-19-14-3-2-13(10-15(14)27-17)18-16(21)11-20-4-8-28(22,23)9-5-20/h2-3,10H,4-9,11-12H2,1H3,(H,18,21). The first-order valence-electron chi connectivity index (χ1n) is 8.78. The molecule has 1 N–H and O–H groups in total. The van der Waals surface area contributed by atoms with E-state index < -0.39 is 9.84 Å². The van der Waals surface area contributed by atoms with E-state index in [9.17, 15) is 13.2 Å². The number of fused-ring (bicyclic) bond motifs is 1. The molecule has 0 spiro atoms. The normalized spacial score (nSPS) is 17.0. The Kier molecular flexibility index (Phi) is 7.66. The fourth-order valence-corrected chi connectivity index (χ4v) is 5.78. The maximum Gasteiger partial charge on any atom is 0.238 e. The molecule has 3 rings (SSSR count). The van der Waals surface area contributed by atoms with Crippen molar-refractivity contribution in [2.45, 2.75) is 4.34 Å². The van der Waals surface area contributed by atoms with Crippen LogP contribution in [0, 0.1) is 0 Å². The first kappa shape index (κ1) is 21.5. The highest BCUT2D eigenvalue weighted by Crippen LogP contribution is 2.31. The second kappa shape index (κ2) is 9.99. The van der Waals surface area contributed by atoms with E-state index in [0.717, 1.165) is 14.6 Å². The van der Waals surface area contributed by atoms with Gasteiger partial charge in [0.05, 0.1) is 47.4 Å². The maximum atomic E-state index is 12.3. The van der Waals surface area contributed by atoms with Gasteiger partial charge in [0.25, 0.3) is 0 Å². The van der Waals surface area contributed by atoms with Crippen molar-refractivity contribution in [3.63, 3.8) is 0 Å². The molecule has 1 aliphatic heterocycles. The molecular formula is C17H23N3O5S3. The molecule has 0 aliphatic carbocycles. The topological polar surface area (TPSA) is 97.8 Å². The van der Waals surface area contributed by atoms with Gasteiger partial charge < -0.3 is 14.8 Å². The zero-order valence-corrected chi connectivity index (χ0v) is 18.0. The van der Waals surface area contributed by atoms with Crippen molar-refractivity contribution in [2.24, 2.45) is 0 Å². The number of carbonyl (C=O) groups excluding carboxylic acids is 1. The maximum absolute atomic E-state index is 12.3. The van der Waals surface area contributed by atoms with E-state index in [1.165, 1.54) is 11.8 Å². The molecule has 0 bridgehead atoms. The van der Waals surface area contributed by atoms with Crippen molar-refractivity contribution in [3.8, 4) is 0 Å². The molecule has 1 aromatic carbocycles. The predicted molar refractivity (Wildman–Crippen MR) is 112 cm³/mol. The number of methoxy groups -OCH3 is 1. The van der Waals surface area contributed by atoms with E-state index in [2.05, 4.69) is 10.3 Å². The average molecular weight is 446 g/mol. The average Bonchev–Trinajstić information content (AvgIpc) is 3.05. The molecule has 8 nitrogen and oxygen atoms in total. The summed E-state index contributed by atoms with van der Waals surface area (Å²) in [4.78, 5) is 18.7. The van der Waals surface area contributed by atoms with E-state index in [-0.39, 0.29) is 24.0 Å². The summed E-state index contributed by atoms with van der Waals surface area (Å²) in [5.41, 5.74) is 1.59. The number of anilines is 1. The molecule has 1 aliphatic rings. The number of ether oxygens (including phenoxy) is 2. The molecule has 1 saturated heterocycles. The number of benzene rings is 1. The van der Waals surface area contributed by atoms with Gasteiger partial charge in [0.2, 0.25) is 5.91 Å². The number of hydrogen-bond acceptors (Lipinski definition) is 9. The van der Waals surface area contributed by atoms with Crippen LogP contribution in [0.25, 0.3) is 10.2 Å². The third-order valence-corrected chi connectivity index (χ3v) is 7.80. The van der Waals surface area contributed by atoms with Crippen LogP contribution < -0.4 is 5.32 Å². The van der Waals surface area contributed by atoms with Crippen LogP contribution in [0.4, 0.5) is 5.69 Å². The van der Waals surface area contributed by atoms with Crippen LogP contribution in [0.15, 0.2) is 22.5 Å². The minimum Gasteiger partial charge on any atom is -0.382 e. The minimum absolute atomic E-state index is 0.114. The highest BCUT2D eigenvalue weighted by molar-refractivity contribution is 8.01. The smallest absolute Gasteiger partial charge is 0.238 e.